The van der Waals surface area contributed by atoms with Gasteiger partial charge in [-0.2, -0.15) is 0 Å². The molecule has 122 valence electrons. The molecule has 1 aromatic heterocycles. The van der Waals surface area contributed by atoms with Crippen molar-refractivity contribution in [2.24, 2.45) is 0 Å². The van der Waals surface area contributed by atoms with Crippen LogP contribution in [-0.4, -0.2) is 9.97 Å². The first-order valence-corrected chi connectivity index (χ1v) is 8.74. The Balaban J connectivity index is 1.88. The number of hydrogen-bond acceptors (Lipinski definition) is 5. The Bertz CT molecular complexity index is 872. The molecule has 0 saturated carbocycles. The van der Waals surface area contributed by atoms with Gasteiger partial charge < -0.3 is 11.1 Å². The molecule has 2 aromatic carbocycles. The highest BCUT2D eigenvalue weighted by Crippen LogP contribution is 2.36. The molecule has 0 aliphatic rings. The molecule has 0 aliphatic carbocycles. The third-order valence-corrected chi connectivity index (χ3v) is 5.18. The van der Waals surface area contributed by atoms with E-state index in [0.29, 0.717) is 37.3 Å². The molecule has 0 fully saturated rings. The van der Waals surface area contributed by atoms with E-state index >= 15 is 0 Å². The maximum absolute atomic E-state index is 6.19. The summed E-state index contributed by atoms with van der Waals surface area (Å²) in [6.45, 7) is 0. The maximum Gasteiger partial charge on any atom is 0.158 e. The minimum absolute atomic E-state index is 0.407. The van der Waals surface area contributed by atoms with Crippen LogP contribution in [0.4, 0.5) is 17.2 Å². The summed E-state index contributed by atoms with van der Waals surface area (Å²) < 4.78 is 0. The fraction of sp³-hybridized carbons (Fsp3) is 0. The first-order chi connectivity index (χ1) is 11.5. The van der Waals surface area contributed by atoms with E-state index < -0.39 is 0 Å². The molecule has 0 aliphatic heterocycles. The molecule has 3 rings (SSSR count). The van der Waals surface area contributed by atoms with Gasteiger partial charge in [0.1, 0.15) is 17.0 Å². The van der Waals surface area contributed by atoms with Gasteiger partial charge in [-0.3, -0.25) is 0 Å². The molecular formula is C16H11Cl3N4S. The number of anilines is 3. The van der Waals surface area contributed by atoms with Crippen LogP contribution < -0.4 is 11.1 Å². The molecular weight excluding hydrogens is 387 g/mol. The zero-order valence-electron chi connectivity index (χ0n) is 12.1. The van der Waals surface area contributed by atoms with E-state index in [1.807, 2.05) is 24.3 Å². The Morgan fingerprint density at radius 2 is 1.71 bits per heavy atom. The molecule has 0 radical (unpaired) electrons. The van der Waals surface area contributed by atoms with Crippen molar-refractivity contribution >= 4 is 63.8 Å². The lowest BCUT2D eigenvalue weighted by atomic mass is 10.3. The minimum atomic E-state index is 0.407. The molecule has 0 unspecified atom stereocenters. The molecule has 0 amide bonds. The van der Waals surface area contributed by atoms with Crippen molar-refractivity contribution in [1.29, 1.82) is 0 Å². The van der Waals surface area contributed by atoms with Gasteiger partial charge in [-0.05, 0) is 36.4 Å². The minimum Gasteiger partial charge on any atom is -0.394 e. The average Bonchev–Trinajstić information content (AvgIpc) is 2.57. The number of nitrogens with two attached hydrogens (primary N) is 1. The Morgan fingerprint density at radius 3 is 2.46 bits per heavy atom. The first kappa shape index (κ1) is 17.2. The molecule has 24 heavy (non-hydrogen) atoms. The first-order valence-electron chi connectivity index (χ1n) is 6.79. The van der Waals surface area contributed by atoms with Gasteiger partial charge in [-0.15, -0.1) is 0 Å². The number of nitrogens with zero attached hydrogens (tertiary/aromatic N) is 2. The van der Waals surface area contributed by atoms with E-state index in [0.717, 1.165) is 4.90 Å². The zero-order valence-corrected chi connectivity index (χ0v) is 15.2. The van der Waals surface area contributed by atoms with E-state index in [2.05, 4.69) is 15.3 Å². The highest BCUT2D eigenvalue weighted by molar-refractivity contribution is 7.99. The van der Waals surface area contributed by atoms with Gasteiger partial charge in [-0.25, -0.2) is 9.97 Å². The summed E-state index contributed by atoms with van der Waals surface area (Å²) in [5.74, 6) is 0.464. The van der Waals surface area contributed by atoms with Crippen molar-refractivity contribution in [2.75, 3.05) is 11.1 Å². The van der Waals surface area contributed by atoms with Gasteiger partial charge in [0.15, 0.2) is 5.82 Å². The number of halogens is 3. The summed E-state index contributed by atoms with van der Waals surface area (Å²) in [5.41, 5.74) is 7.23. The number of hydrogen-bond donors (Lipinski definition) is 2. The topological polar surface area (TPSA) is 63.8 Å². The van der Waals surface area contributed by atoms with E-state index in [1.54, 1.807) is 18.2 Å². The predicted molar refractivity (Wildman–Crippen MR) is 102 cm³/mol. The Labute approximate surface area is 158 Å². The quantitative estimate of drug-likeness (QED) is 0.535. The monoisotopic (exact) mass is 396 g/mol. The highest BCUT2D eigenvalue weighted by atomic mass is 35.5. The van der Waals surface area contributed by atoms with E-state index in [9.17, 15) is 0 Å². The summed E-state index contributed by atoms with van der Waals surface area (Å²) in [4.78, 5) is 9.38. The van der Waals surface area contributed by atoms with Gasteiger partial charge in [0, 0.05) is 9.92 Å². The molecule has 8 heteroatoms. The van der Waals surface area contributed by atoms with Crippen molar-refractivity contribution in [1.82, 2.24) is 9.97 Å². The van der Waals surface area contributed by atoms with Crippen LogP contribution in [0.15, 0.2) is 58.7 Å². The standard InChI is InChI=1S/C16H11Cl3N4S/c17-9-4-6-10(7-5-9)24-16-14(20)15(21-8-22-16)23-12-3-1-2-11(18)13(12)19/h1-8H,20H2,(H,21,22,23). The highest BCUT2D eigenvalue weighted by Gasteiger charge is 2.12. The fourth-order valence-electron chi connectivity index (χ4n) is 1.90. The van der Waals surface area contributed by atoms with E-state index in [4.69, 9.17) is 40.5 Å². The second-order valence-corrected chi connectivity index (χ2v) is 7.01. The van der Waals surface area contributed by atoms with Crippen molar-refractivity contribution in [3.05, 3.63) is 63.9 Å². The second kappa shape index (κ2) is 7.49. The van der Waals surface area contributed by atoms with Crippen LogP contribution in [0, 0.1) is 0 Å². The van der Waals surface area contributed by atoms with Gasteiger partial charge >= 0.3 is 0 Å². The van der Waals surface area contributed by atoms with Crippen molar-refractivity contribution in [3.63, 3.8) is 0 Å². The normalized spacial score (nSPS) is 10.6. The number of rotatable bonds is 4. The lowest BCUT2D eigenvalue weighted by Gasteiger charge is -2.12. The summed E-state index contributed by atoms with van der Waals surface area (Å²) in [5, 5.41) is 5.25. The molecule has 0 spiro atoms. The van der Waals surface area contributed by atoms with Crippen molar-refractivity contribution in [2.45, 2.75) is 9.92 Å². The second-order valence-electron chi connectivity index (χ2n) is 4.72. The summed E-state index contributed by atoms with van der Waals surface area (Å²) >= 11 is 19.5. The molecule has 3 N–H and O–H groups in total. The van der Waals surface area contributed by atoms with Crippen LogP contribution >= 0.6 is 46.6 Å². The van der Waals surface area contributed by atoms with Crippen molar-refractivity contribution < 1.29 is 0 Å². The third-order valence-electron chi connectivity index (χ3n) is 3.08. The Hall–Kier alpha value is -1.66. The van der Waals surface area contributed by atoms with Gasteiger partial charge in [0.25, 0.3) is 0 Å². The van der Waals surface area contributed by atoms with Crippen LogP contribution in [-0.2, 0) is 0 Å². The molecule has 0 atom stereocenters. The molecule has 4 nitrogen and oxygen atoms in total. The van der Waals surface area contributed by atoms with Crippen molar-refractivity contribution in [3.8, 4) is 0 Å². The summed E-state index contributed by atoms with van der Waals surface area (Å²) in [6.07, 6.45) is 1.44. The average molecular weight is 398 g/mol. The lowest BCUT2D eigenvalue weighted by Crippen LogP contribution is -2.02. The summed E-state index contributed by atoms with van der Waals surface area (Å²) in [7, 11) is 0. The molecule has 0 bridgehead atoms. The van der Waals surface area contributed by atoms with Crippen LogP contribution in [0.3, 0.4) is 0 Å². The predicted octanol–water partition coefficient (Wildman–Crippen LogP) is 5.91. The fourth-order valence-corrected chi connectivity index (χ4v) is 3.18. The zero-order chi connectivity index (χ0) is 17.1. The maximum atomic E-state index is 6.19. The van der Waals surface area contributed by atoms with Gasteiger partial charge in [0.05, 0.1) is 15.7 Å². The Kier molecular flexibility index (Phi) is 5.36. The molecule has 3 aromatic rings. The smallest absolute Gasteiger partial charge is 0.158 e. The van der Waals surface area contributed by atoms with Gasteiger partial charge in [0.2, 0.25) is 0 Å². The number of aromatic nitrogens is 2. The Morgan fingerprint density at radius 1 is 0.958 bits per heavy atom. The number of benzene rings is 2. The molecule has 0 saturated heterocycles. The van der Waals surface area contributed by atoms with E-state index in [-0.39, 0.29) is 0 Å². The third kappa shape index (κ3) is 3.87. The SMILES string of the molecule is Nc1c(Nc2cccc(Cl)c2Cl)ncnc1Sc1ccc(Cl)cc1. The molecule has 1 heterocycles. The van der Waals surface area contributed by atoms with Crippen LogP contribution in [0.5, 0.6) is 0 Å². The number of nitrogen functional groups attached to an aromatic ring is 1. The van der Waals surface area contributed by atoms with Gasteiger partial charge in [-0.1, -0.05) is 52.6 Å². The van der Waals surface area contributed by atoms with Crippen LogP contribution in [0.1, 0.15) is 0 Å². The van der Waals surface area contributed by atoms with Crippen LogP contribution in [0.2, 0.25) is 15.1 Å². The number of nitrogens with one attached hydrogen (secondary N) is 1. The van der Waals surface area contributed by atoms with Crippen LogP contribution in [0.25, 0.3) is 0 Å². The largest absolute Gasteiger partial charge is 0.394 e. The summed E-state index contributed by atoms with van der Waals surface area (Å²) in [6, 6.07) is 12.7. The van der Waals surface area contributed by atoms with E-state index in [1.165, 1.54) is 18.1 Å². The lowest BCUT2D eigenvalue weighted by molar-refractivity contribution is 1.06.